The number of nitrogens with zero attached hydrogens (tertiary/aromatic N) is 2. The normalized spacial score (nSPS) is 32.1. The van der Waals surface area contributed by atoms with E-state index >= 15 is 0 Å². The highest BCUT2D eigenvalue weighted by Gasteiger charge is 2.37. The summed E-state index contributed by atoms with van der Waals surface area (Å²) >= 11 is 0. The first-order valence-electron chi connectivity index (χ1n) is 6.59. The van der Waals surface area contributed by atoms with E-state index in [-0.39, 0.29) is 0 Å². The fraction of sp³-hybridized carbons (Fsp3) is 0.500. The summed E-state index contributed by atoms with van der Waals surface area (Å²) in [7, 11) is 0. The van der Waals surface area contributed by atoms with Gasteiger partial charge in [-0.3, -0.25) is 5.32 Å². The summed E-state index contributed by atoms with van der Waals surface area (Å²) in [5.74, 6) is 0.890. The molecule has 88 valence electrons. The standard InChI is InChI=1S/C14H17N3/c1-2-7-13-12(5-1)15-9-17(13)14-8-10-4-3-6-11(10)16-14/h1-2,5,7,9-11,14,16H,3-4,6,8H2/t10-,11-,14-/m0/s1. The Kier molecular flexibility index (Phi) is 2.03. The van der Waals surface area contributed by atoms with E-state index in [0.29, 0.717) is 6.17 Å². The predicted octanol–water partition coefficient (Wildman–Crippen LogP) is 2.70. The number of rotatable bonds is 1. The quantitative estimate of drug-likeness (QED) is 0.811. The number of hydrogen-bond donors (Lipinski definition) is 1. The molecule has 17 heavy (non-hydrogen) atoms. The molecule has 0 unspecified atom stereocenters. The minimum absolute atomic E-state index is 0.456. The van der Waals surface area contributed by atoms with Crippen molar-refractivity contribution in [3.63, 3.8) is 0 Å². The molecule has 0 radical (unpaired) electrons. The van der Waals surface area contributed by atoms with Crippen LogP contribution in [0.3, 0.4) is 0 Å². The molecule has 1 aliphatic heterocycles. The number of hydrogen-bond acceptors (Lipinski definition) is 2. The molecule has 2 heterocycles. The van der Waals surface area contributed by atoms with E-state index in [1.54, 1.807) is 0 Å². The Bertz CT molecular complexity index is 533. The Labute approximate surface area is 101 Å². The predicted molar refractivity (Wildman–Crippen MR) is 67.7 cm³/mol. The van der Waals surface area contributed by atoms with Gasteiger partial charge in [-0.2, -0.15) is 0 Å². The monoisotopic (exact) mass is 227 g/mol. The number of fused-ring (bicyclic) bond motifs is 2. The molecule has 3 nitrogen and oxygen atoms in total. The van der Waals surface area contributed by atoms with Crippen molar-refractivity contribution >= 4 is 11.0 Å². The van der Waals surface area contributed by atoms with Crippen LogP contribution >= 0.6 is 0 Å². The summed E-state index contributed by atoms with van der Waals surface area (Å²) in [6, 6.07) is 9.15. The molecule has 1 saturated heterocycles. The summed E-state index contributed by atoms with van der Waals surface area (Å²) in [6.07, 6.45) is 7.88. The molecule has 1 saturated carbocycles. The lowest BCUT2D eigenvalue weighted by Crippen LogP contribution is -2.27. The highest BCUT2D eigenvalue weighted by atomic mass is 15.2. The minimum atomic E-state index is 0.456. The third-order valence-corrected chi connectivity index (χ3v) is 4.41. The maximum absolute atomic E-state index is 4.48. The fourth-order valence-electron chi connectivity index (χ4n) is 3.56. The van der Waals surface area contributed by atoms with Gasteiger partial charge in [-0.25, -0.2) is 4.98 Å². The van der Waals surface area contributed by atoms with Gasteiger partial charge in [0.2, 0.25) is 0 Å². The Morgan fingerprint density at radius 2 is 2.18 bits per heavy atom. The van der Waals surface area contributed by atoms with Crippen LogP contribution in [0.2, 0.25) is 0 Å². The molecule has 0 bridgehead atoms. The van der Waals surface area contributed by atoms with E-state index in [2.05, 4.69) is 39.1 Å². The number of para-hydroxylation sites is 2. The SMILES string of the molecule is c1ccc2c(c1)ncn2[C@H]1C[C@@H]2CCC[C@@H]2N1. The van der Waals surface area contributed by atoms with Crippen LogP contribution in [0.1, 0.15) is 31.8 Å². The zero-order valence-electron chi connectivity index (χ0n) is 9.84. The van der Waals surface area contributed by atoms with Crippen LogP contribution in [0.15, 0.2) is 30.6 Å². The van der Waals surface area contributed by atoms with Crippen LogP contribution < -0.4 is 5.32 Å². The highest BCUT2D eigenvalue weighted by molar-refractivity contribution is 5.75. The first-order chi connectivity index (χ1) is 8.42. The van der Waals surface area contributed by atoms with Crippen molar-refractivity contribution in [2.24, 2.45) is 5.92 Å². The molecule has 1 aliphatic carbocycles. The Morgan fingerprint density at radius 3 is 3.12 bits per heavy atom. The van der Waals surface area contributed by atoms with E-state index in [1.165, 1.54) is 31.2 Å². The van der Waals surface area contributed by atoms with Gasteiger partial charge in [0, 0.05) is 6.04 Å². The first kappa shape index (κ1) is 9.66. The largest absolute Gasteiger partial charge is 0.314 e. The van der Waals surface area contributed by atoms with Gasteiger partial charge >= 0.3 is 0 Å². The zero-order valence-corrected chi connectivity index (χ0v) is 9.84. The molecule has 1 aromatic heterocycles. The summed E-state index contributed by atoms with van der Waals surface area (Å²) in [4.78, 5) is 4.48. The second-order valence-electron chi connectivity index (χ2n) is 5.36. The lowest BCUT2D eigenvalue weighted by molar-refractivity contribution is 0.436. The highest BCUT2D eigenvalue weighted by Crippen LogP contribution is 2.39. The molecule has 1 N–H and O–H groups in total. The van der Waals surface area contributed by atoms with Crippen LogP contribution in [0, 0.1) is 5.92 Å². The smallest absolute Gasteiger partial charge is 0.0971 e. The van der Waals surface area contributed by atoms with E-state index in [0.717, 1.165) is 17.5 Å². The molecule has 2 fully saturated rings. The molecule has 0 spiro atoms. The van der Waals surface area contributed by atoms with Crippen molar-refractivity contribution in [2.75, 3.05) is 0 Å². The van der Waals surface area contributed by atoms with Crippen LogP contribution in [-0.4, -0.2) is 15.6 Å². The second-order valence-corrected chi connectivity index (χ2v) is 5.36. The molecule has 2 aromatic rings. The third-order valence-electron chi connectivity index (χ3n) is 4.41. The Balaban J connectivity index is 1.71. The van der Waals surface area contributed by atoms with Crippen LogP contribution in [0.25, 0.3) is 11.0 Å². The lowest BCUT2D eigenvalue weighted by atomic mass is 10.0. The van der Waals surface area contributed by atoms with E-state index in [4.69, 9.17) is 0 Å². The van der Waals surface area contributed by atoms with Crippen LogP contribution in [-0.2, 0) is 0 Å². The minimum Gasteiger partial charge on any atom is -0.314 e. The average molecular weight is 227 g/mol. The fourth-order valence-corrected chi connectivity index (χ4v) is 3.56. The van der Waals surface area contributed by atoms with E-state index < -0.39 is 0 Å². The number of aromatic nitrogens is 2. The summed E-state index contributed by atoms with van der Waals surface area (Å²) in [5, 5.41) is 3.77. The van der Waals surface area contributed by atoms with Crippen LogP contribution in [0.5, 0.6) is 0 Å². The molecule has 3 heteroatoms. The first-order valence-corrected chi connectivity index (χ1v) is 6.59. The zero-order chi connectivity index (χ0) is 11.2. The molecule has 0 amide bonds. The summed E-state index contributed by atoms with van der Waals surface area (Å²) in [5.41, 5.74) is 2.36. The molecule has 2 aliphatic rings. The maximum Gasteiger partial charge on any atom is 0.0971 e. The third kappa shape index (κ3) is 1.42. The topological polar surface area (TPSA) is 29.9 Å². The van der Waals surface area contributed by atoms with Crippen molar-refractivity contribution in [2.45, 2.75) is 37.9 Å². The molecule has 1 aromatic carbocycles. The van der Waals surface area contributed by atoms with Gasteiger partial charge in [0.15, 0.2) is 0 Å². The van der Waals surface area contributed by atoms with Gasteiger partial charge in [0.05, 0.1) is 23.5 Å². The van der Waals surface area contributed by atoms with Crippen molar-refractivity contribution in [1.82, 2.24) is 14.9 Å². The Morgan fingerprint density at radius 1 is 1.24 bits per heavy atom. The van der Waals surface area contributed by atoms with Crippen molar-refractivity contribution < 1.29 is 0 Å². The summed E-state index contributed by atoms with van der Waals surface area (Å²) in [6.45, 7) is 0. The van der Waals surface area contributed by atoms with Crippen molar-refractivity contribution in [3.05, 3.63) is 30.6 Å². The van der Waals surface area contributed by atoms with Gasteiger partial charge in [0.25, 0.3) is 0 Å². The Hall–Kier alpha value is -1.35. The number of imidazole rings is 1. The van der Waals surface area contributed by atoms with Gasteiger partial charge in [-0.1, -0.05) is 18.6 Å². The van der Waals surface area contributed by atoms with Gasteiger partial charge < -0.3 is 4.57 Å². The van der Waals surface area contributed by atoms with Crippen molar-refractivity contribution in [1.29, 1.82) is 0 Å². The number of benzene rings is 1. The van der Waals surface area contributed by atoms with E-state index in [1.807, 2.05) is 6.33 Å². The number of nitrogens with one attached hydrogen (secondary N) is 1. The molecular formula is C14H17N3. The maximum atomic E-state index is 4.48. The van der Waals surface area contributed by atoms with Gasteiger partial charge in [-0.15, -0.1) is 0 Å². The summed E-state index contributed by atoms with van der Waals surface area (Å²) < 4.78 is 2.31. The van der Waals surface area contributed by atoms with Gasteiger partial charge in [0.1, 0.15) is 0 Å². The second kappa shape index (κ2) is 3.57. The van der Waals surface area contributed by atoms with Crippen LogP contribution in [0.4, 0.5) is 0 Å². The average Bonchev–Trinajstić information content (AvgIpc) is 3.01. The lowest BCUT2D eigenvalue weighted by Gasteiger charge is -2.15. The molecule has 3 atom stereocenters. The molecule has 4 rings (SSSR count). The van der Waals surface area contributed by atoms with Crippen molar-refractivity contribution in [3.8, 4) is 0 Å². The van der Waals surface area contributed by atoms with E-state index in [9.17, 15) is 0 Å². The van der Waals surface area contributed by atoms with Gasteiger partial charge in [-0.05, 0) is 37.3 Å². The molecular weight excluding hydrogens is 210 g/mol.